The molecule has 1 unspecified atom stereocenters. The Kier molecular flexibility index (Phi) is 9.96. The van der Waals surface area contributed by atoms with Crippen LogP contribution >= 0.6 is 11.8 Å². The number of nitrogens with one attached hydrogen (secondary N) is 3. The van der Waals surface area contributed by atoms with E-state index in [-0.39, 0.29) is 16.9 Å². The summed E-state index contributed by atoms with van der Waals surface area (Å²) in [6, 6.07) is 30.7. The minimum atomic E-state index is -0.483. The molecule has 0 aliphatic heterocycles. The normalized spacial score (nSPS) is 11.7. The summed E-state index contributed by atoms with van der Waals surface area (Å²) in [7, 11) is 1.56. The number of carbonyl (C=O) groups is 3. The molecule has 4 rings (SSSR count). The molecule has 0 aliphatic rings. The van der Waals surface area contributed by atoms with Crippen LogP contribution in [0.4, 0.5) is 11.4 Å². The van der Waals surface area contributed by atoms with Crippen molar-refractivity contribution in [3.8, 4) is 5.75 Å². The molecule has 4 aromatic carbocycles. The van der Waals surface area contributed by atoms with Crippen molar-refractivity contribution in [1.82, 2.24) is 5.32 Å². The van der Waals surface area contributed by atoms with Crippen molar-refractivity contribution >= 4 is 46.9 Å². The average molecular weight is 566 g/mol. The van der Waals surface area contributed by atoms with Crippen molar-refractivity contribution in [2.24, 2.45) is 0 Å². The van der Waals surface area contributed by atoms with Gasteiger partial charge in [0.1, 0.15) is 11.4 Å². The Labute approximate surface area is 244 Å². The first kappa shape index (κ1) is 29.2. The zero-order valence-electron chi connectivity index (χ0n) is 23.0. The molecule has 4 aromatic rings. The van der Waals surface area contributed by atoms with Gasteiger partial charge in [-0.1, -0.05) is 48.5 Å². The van der Waals surface area contributed by atoms with E-state index < -0.39 is 11.8 Å². The summed E-state index contributed by atoms with van der Waals surface area (Å²) in [5.74, 6) is -0.353. The maximum Gasteiger partial charge on any atom is 0.272 e. The lowest BCUT2D eigenvalue weighted by Gasteiger charge is -2.14. The third-order valence-electron chi connectivity index (χ3n) is 6.13. The summed E-state index contributed by atoms with van der Waals surface area (Å²) >= 11 is 1.42. The van der Waals surface area contributed by atoms with Crippen LogP contribution in [0.15, 0.2) is 114 Å². The van der Waals surface area contributed by atoms with Gasteiger partial charge in [0.2, 0.25) is 5.91 Å². The third-order valence-corrected chi connectivity index (χ3v) is 7.24. The van der Waals surface area contributed by atoms with Gasteiger partial charge in [-0.2, -0.15) is 0 Å². The van der Waals surface area contributed by atoms with E-state index in [2.05, 4.69) is 16.0 Å². The van der Waals surface area contributed by atoms with Crippen LogP contribution in [0, 0.1) is 6.92 Å². The van der Waals surface area contributed by atoms with E-state index in [1.807, 2.05) is 62.4 Å². The second-order valence-electron chi connectivity index (χ2n) is 9.20. The standard InChI is InChI=1S/C33H31N3O4S/c1-22-10-7-8-15-29(22)35-31(37)23(2)41-28-18-16-26(17-19-28)34-33(39)30(21-24-11-9-14-27(20-24)40-3)36-32(38)25-12-5-4-6-13-25/h4-21,23H,1-3H3,(H,34,39)(H,35,37)(H,36,38)/b30-21-. The molecule has 7 nitrogen and oxygen atoms in total. The summed E-state index contributed by atoms with van der Waals surface area (Å²) in [5.41, 5.74) is 3.53. The Bertz CT molecular complexity index is 1550. The first-order valence-electron chi connectivity index (χ1n) is 13.0. The van der Waals surface area contributed by atoms with Gasteiger partial charge in [0.25, 0.3) is 11.8 Å². The SMILES string of the molecule is COc1cccc(/C=C(\NC(=O)c2ccccc2)C(=O)Nc2ccc(SC(C)C(=O)Nc3ccccc3C)cc2)c1. The van der Waals surface area contributed by atoms with Gasteiger partial charge >= 0.3 is 0 Å². The van der Waals surface area contributed by atoms with Crippen LogP contribution in [0.2, 0.25) is 0 Å². The van der Waals surface area contributed by atoms with Gasteiger partial charge in [-0.3, -0.25) is 14.4 Å². The molecule has 0 fully saturated rings. The second-order valence-corrected chi connectivity index (χ2v) is 10.6. The predicted molar refractivity (Wildman–Crippen MR) is 165 cm³/mol. The lowest BCUT2D eigenvalue weighted by atomic mass is 10.1. The third kappa shape index (κ3) is 8.33. The van der Waals surface area contributed by atoms with E-state index in [0.29, 0.717) is 22.6 Å². The molecule has 41 heavy (non-hydrogen) atoms. The quantitative estimate of drug-likeness (QED) is 0.150. The minimum Gasteiger partial charge on any atom is -0.497 e. The predicted octanol–water partition coefficient (Wildman–Crippen LogP) is 6.53. The molecule has 0 heterocycles. The monoisotopic (exact) mass is 565 g/mol. The van der Waals surface area contributed by atoms with Crippen molar-refractivity contribution < 1.29 is 19.1 Å². The molecule has 0 spiro atoms. The van der Waals surface area contributed by atoms with Gasteiger partial charge in [0.05, 0.1) is 12.4 Å². The highest BCUT2D eigenvalue weighted by Crippen LogP contribution is 2.26. The van der Waals surface area contributed by atoms with Gasteiger partial charge < -0.3 is 20.7 Å². The Balaban J connectivity index is 1.45. The molecule has 1 atom stereocenters. The maximum absolute atomic E-state index is 13.3. The highest BCUT2D eigenvalue weighted by atomic mass is 32.2. The number of aryl methyl sites for hydroxylation is 1. The van der Waals surface area contributed by atoms with Crippen molar-refractivity contribution in [1.29, 1.82) is 0 Å². The fourth-order valence-corrected chi connectivity index (χ4v) is 4.73. The Hall–Kier alpha value is -4.82. The summed E-state index contributed by atoms with van der Waals surface area (Å²) in [4.78, 5) is 39.8. The fraction of sp³-hybridized carbons (Fsp3) is 0.121. The van der Waals surface area contributed by atoms with Crippen LogP contribution in [0.25, 0.3) is 6.08 Å². The van der Waals surface area contributed by atoms with E-state index in [0.717, 1.165) is 16.1 Å². The number of amides is 3. The number of carbonyl (C=O) groups excluding carboxylic acids is 3. The number of para-hydroxylation sites is 1. The number of rotatable bonds is 10. The summed E-state index contributed by atoms with van der Waals surface area (Å²) in [5, 5.41) is 8.22. The van der Waals surface area contributed by atoms with E-state index in [1.54, 1.807) is 67.8 Å². The second kappa shape index (κ2) is 14.0. The highest BCUT2D eigenvalue weighted by Gasteiger charge is 2.17. The number of thioether (sulfide) groups is 1. The molecule has 0 saturated heterocycles. The fourth-order valence-electron chi connectivity index (χ4n) is 3.86. The number of benzene rings is 4. The molecular formula is C33H31N3O4S. The summed E-state index contributed by atoms with van der Waals surface area (Å²) < 4.78 is 5.29. The first-order valence-corrected chi connectivity index (χ1v) is 13.9. The number of hydrogen-bond donors (Lipinski definition) is 3. The number of hydrogen-bond acceptors (Lipinski definition) is 5. The molecule has 3 amide bonds. The lowest BCUT2D eigenvalue weighted by Crippen LogP contribution is -2.30. The number of ether oxygens (including phenoxy) is 1. The minimum absolute atomic E-state index is 0.0760. The van der Waals surface area contributed by atoms with Crippen molar-refractivity contribution in [2.75, 3.05) is 17.7 Å². The highest BCUT2D eigenvalue weighted by molar-refractivity contribution is 8.00. The largest absolute Gasteiger partial charge is 0.497 e. The van der Waals surface area contributed by atoms with Gasteiger partial charge in [-0.15, -0.1) is 11.8 Å². The zero-order valence-corrected chi connectivity index (χ0v) is 23.8. The van der Waals surface area contributed by atoms with Crippen molar-refractivity contribution in [2.45, 2.75) is 24.0 Å². The lowest BCUT2D eigenvalue weighted by molar-refractivity contribution is -0.115. The first-order chi connectivity index (χ1) is 19.8. The number of methoxy groups -OCH3 is 1. The van der Waals surface area contributed by atoms with Crippen LogP contribution in [0.1, 0.15) is 28.4 Å². The van der Waals surface area contributed by atoms with Crippen LogP contribution in [0.3, 0.4) is 0 Å². The van der Waals surface area contributed by atoms with E-state index >= 15 is 0 Å². The topological polar surface area (TPSA) is 96.5 Å². The van der Waals surface area contributed by atoms with Crippen LogP contribution in [0.5, 0.6) is 5.75 Å². The molecule has 0 aromatic heterocycles. The van der Waals surface area contributed by atoms with E-state index in [9.17, 15) is 14.4 Å². The molecule has 8 heteroatoms. The van der Waals surface area contributed by atoms with Gasteiger partial charge in [-0.05, 0) is 85.6 Å². The Morgan fingerprint density at radius 1 is 0.829 bits per heavy atom. The van der Waals surface area contributed by atoms with E-state index in [4.69, 9.17) is 4.74 Å². The van der Waals surface area contributed by atoms with Crippen LogP contribution in [-0.4, -0.2) is 30.1 Å². The van der Waals surface area contributed by atoms with Crippen molar-refractivity contribution in [3.63, 3.8) is 0 Å². The molecule has 208 valence electrons. The van der Waals surface area contributed by atoms with Gasteiger partial charge in [0.15, 0.2) is 0 Å². The number of anilines is 2. The van der Waals surface area contributed by atoms with Crippen molar-refractivity contribution in [3.05, 3.63) is 126 Å². The molecular weight excluding hydrogens is 534 g/mol. The van der Waals surface area contributed by atoms with Gasteiger partial charge in [-0.25, -0.2) is 0 Å². The smallest absolute Gasteiger partial charge is 0.272 e. The summed E-state index contributed by atoms with van der Waals surface area (Å²) in [6.07, 6.45) is 1.59. The van der Waals surface area contributed by atoms with E-state index in [1.165, 1.54) is 11.8 Å². The molecule has 0 saturated carbocycles. The Morgan fingerprint density at radius 2 is 1.54 bits per heavy atom. The Morgan fingerprint density at radius 3 is 2.24 bits per heavy atom. The van der Waals surface area contributed by atoms with Gasteiger partial charge in [0, 0.05) is 21.8 Å². The maximum atomic E-state index is 13.3. The average Bonchev–Trinajstić information content (AvgIpc) is 2.99. The molecule has 3 N–H and O–H groups in total. The van der Waals surface area contributed by atoms with Crippen LogP contribution < -0.4 is 20.7 Å². The van der Waals surface area contributed by atoms with Crippen LogP contribution in [-0.2, 0) is 9.59 Å². The molecule has 0 radical (unpaired) electrons. The summed E-state index contributed by atoms with van der Waals surface area (Å²) in [6.45, 7) is 3.80. The molecule has 0 aliphatic carbocycles. The zero-order chi connectivity index (χ0) is 29.2. The molecule has 0 bridgehead atoms.